The van der Waals surface area contributed by atoms with Gasteiger partial charge in [0.15, 0.2) is 0 Å². The van der Waals surface area contributed by atoms with Gasteiger partial charge in [-0.25, -0.2) is 13.1 Å². The molecule has 0 aliphatic heterocycles. The lowest BCUT2D eigenvalue weighted by Crippen LogP contribution is -2.40. The van der Waals surface area contributed by atoms with E-state index in [-0.39, 0.29) is 12.1 Å². The largest absolute Gasteiger partial charge is 0.328 e. The second-order valence-electron chi connectivity index (χ2n) is 5.05. The molecule has 4 nitrogen and oxygen atoms in total. The van der Waals surface area contributed by atoms with E-state index in [4.69, 9.17) is 5.73 Å². The van der Waals surface area contributed by atoms with E-state index in [9.17, 15) is 8.42 Å². The van der Waals surface area contributed by atoms with Gasteiger partial charge in [-0.05, 0) is 44.7 Å². The Morgan fingerprint density at radius 2 is 1.67 bits per heavy atom. The molecule has 5 heteroatoms. The van der Waals surface area contributed by atoms with E-state index in [0.29, 0.717) is 4.90 Å². The smallest absolute Gasteiger partial charge is 0.240 e. The summed E-state index contributed by atoms with van der Waals surface area (Å²) in [7, 11) is -3.38. The molecule has 3 N–H and O–H groups in total. The highest BCUT2D eigenvalue weighted by Crippen LogP contribution is 2.19. The van der Waals surface area contributed by atoms with Crippen LogP contribution < -0.4 is 10.5 Å². The highest BCUT2D eigenvalue weighted by atomic mass is 32.2. The van der Waals surface area contributed by atoms with Crippen molar-refractivity contribution in [1.29, 1.82) is 0 Å². The monoisotopic (exact) mass is 268 g/mol. The second kappa shape index (κ2) is 5.38. The number of aryl methyl sites for hydroxylation is 1. The van der Waals surface area contributed by atoms with Crippen molar-refractivity contribution in [3.05, 3.63) is 29.8 Å². The van der Waals surface area contributed by atoms with Crippen LogP contribution in [0.4, 0.5) is 0 Å². The van der Waals surface area contributed by atoms with Crippen LogP contribution in [0.2, 0.25) is 0 Å². The van der Waals surface area contributed by atoms with Crippen molar-refractivity contribution in [2.45, 2.75) is 49.6 Å². The van der Waals surface area contributed by atoms with Gasteiger partial charge in [0.05, 0.1) is 4.90 Å². The van der Waals surface area contributed by atoms with E-state index in [2.05, 4.69) is 4.72 Å². The lowest BCUT2D eigenvalue weighted by Gasteiger charge is -2.26. The van der Waals surface area contributed by atoms with E-state index >= 15 is 0 Å². The van der Waals surface area contributed by atoms with Crippen LogP contribution >= 0.6 is 0 Å². The summed E-state index contributed by atoms with van der Waals surface area (Å²) in [4.78, 5) is 0.336. The van der Waals surface area contributed by atoms with E-state index in [1.165, 1.54) is 0 Å². The molecule has 0 heterocycles. The van der Waals surface area contributed by atoms with Crippen molar-refractivity contribution in [2.75, 3.05) is 0 Å². The fraction of sp³-hybridized carbons (Fsp3) is 0.538. The molecule has 1 aromatic carbocycles. The molecule has 1 aromatic rings. The first-order chi connectivity index (χ1) is 8.47. The highest BCUT2D eigenvalue weighted by molar-refractivity contribution is 7.89. The molecule has 0 saturated heterocycles. The molecule has 0 bridgehead atoms. The summed E-state index contributed by atoms with van der Waals surface area (Å²) in [6, 6.07) is 7.16. The number of hydrogen-bond acceptors (Lipinski definition) is 3. The second-order valence-corrected chi connectivity index (χ2v) is 6.76. The normalized spacial score (nSPS) is 25.0. The van der Waals surface area contributed by atoms with Gasteiger partial charge in [-0.15, -0.1) is 0 Å². The van der Waals surface area contributed by atoms with Crippen LogP contribution in [0, 0.1) is 6.92 Å². The maximum atomic E-state index is 12.2. The van der Waals surface area contributed by atoms with Gasteiger partial charge in [0, 0.05) is 12.1 Å². The molecule has 0 amide bonds. The predicted octanol–water partition coefficient (Wildman–Crippen LogP) is 1.54. The summed E-state index contributed by atoms with van der Waals surface area (Å²) in [5, 5.41) is 0. The number of rotatable bonds is 3. The number of hydrogen-bond donors (Lipinski definition) is 2. The van der Waals surface area contributed by atoms with Crippen molar-refractivity contribution in [1.82, 2.24) is 4.72 Å². The van der Waals surface area contributed by atoms with E-state index in [1.807, 2.05) is 19.1 Å². The SMILES string of the molecule is Cc1ccc(S(=O)(=O)NC2CCC(N)CC2)cc1. The highest BCUT2D eigenvalue weighted by Gasteiger charge is 2.24. The third kappa shape index (κ3) is 3.31. The Morgan fingerprint density at radius 3 is 2.22 bits per heavy atom. The molecule has 0 atom stereocenters. The molecule has 0 aromatic heterocycles. The molecular weight excluding hydrogens is 248 g/mol. The molecule has 1 aliphatic rings. The average Bonchev–Trinajstić information content (AvgIpc) is 2.32. The van der Waals surface area contributed by atoms with Crippen LogP contribution in [0.15, 0.2) is 29.2 Å². The van der Waals surface area contributed by atoms with Crippen LogP contribution in [0.25, 0.3) is 0 Å². The molecule has 0 radical (unpaired) electrons. The lowest BCUT2D eigenvalue weighted by molar-refractivity contribution is 0.373. The average molecular weight is 268 g/mol. The number of benzene rings is 1. The van der Waals surface area contributed by atoms with Crippen molar-refractivity contribution < 1.29 is 8.42 Å². The molecule has 18 heavy (non-hydrogen) atoms. The number of nitrogens with two attached hydrogens (primary N) is 1. The summed E-state index contributed by atoms with van der Waals surface area (Å²) in [5.74, 6) is 0. The Hall–Kier alpha value is -0.910. The quantitative estimate of drug-likeness (QED) is 0.873. The third-order valence-electron chi connectivity index (χ3n) is 3.42. The molecule has 100 valence electrons. The van der Waals surface area contributed by atoms with Gasteiger partial charge < -0.3 is 5.73 Å². The molecule has 1 aliphatic carbocycles. The fourth-order valence-electron chi connectivity index (χ4n) is 2.24. The van der Waals surface area contributed by atoms with Gasteiger partial charge in [0.25, 0.3) is 0 Å². The summed E-state index contributed by atoms with van der Waals surface area (Å²) < 4.78 is 27.1. The minimum Gasteiger partial charge on any atom is -0.328 e. The summed E-state index contributed by atoms with van der Waals surface area (Å²) in [6.45, 7) is 1.94. The Bertz CT molecular complexity index is 488. The first-order valence-corrected chi connectivity index (χ1v) is 7.80. The Labute approximate surface area is 109 Å². The van der Waals surface area contributed by atoms with Gasteiger partial charge in [0.2, 0.25) is 10.0 Å². The molecule has 1 saturated carbocycles. The van der Waals surface area contributed by atoms with Crippen LogP contribution in [-0.4, -0.2) is 20.5 Å². The van der Waals surface area contributed by atoms with Crippen molar-refractivity contribution in [3.63, 3.8) is 0 Å². The zero-order valence-corrected chi connectivity index (χ0v) is 11.4. The minimum atomic E-state index is -3.38. The third-order valence-corrected chi connectivity index (χ3v) is 4.96. The van der Waals surface area contributed by atoms with Gasteiger partial charge in [-0.1, -0.05) is 17.7 Å². The van der Waals surface area contributed by atoms with Gasteiger partial charge in [-0.2, -0.15) is 0 Å². The molecule has 0 unspecified atom stereocenters. The Morgan fingerprint density at radius 1 is 1.11 bits per heavy atom. The minimum absolute atomic E-state index is 0.0242. The van der Waals surface area contributed by atoms with Gasteiger partial charge in [0.1, 0.15) is 0 Å². The van der Waals surface area contributed by atoms with E-state index in [1.54, 1.807) is 12.1 Å². The standard InChI is InChI=1S/C13H20N2O2S/c1-10-2-8-13(9-3-10)18(16,17)15-12-6-4-11(14)5-7-12/h2-3,8-9,11-12,15H,4-7,14H2,1H3. The van der Waals surface area contributed by atoms with E-state index < -0.39 is 10.0 Å². The van der Waals surface area contributed by atoms with Gasteiger partial charge >= 0.3 is 0 Å². The fourth-order valence-corrected chi connectivity index (χ4v) is 3.55. The van der Waals surface area contributed by atoms with Crippen molar-refractivity contribution in [2.24, 2.45) is 5.73 Å². The van der Waals surface area contributed by atoms with Crippen molar-refractivity contribution >= 4 is 10.0 Å². The van der Waals surface area contributed by atoms with Gasteiger partial charge in [-0.3, -0.25) is 0 Å². The predicted molar refractivity (Wildman–Crippen MR) is 71.7 cm³/mol. The maximum Gasteiger partial charge on any atom is 0.240 e. The van der Waals surface area contributed by atoms with Crippen molar-refractivity contribution in [3.8, 4) is 0 Å². The zero-order valence-electron chi connectivity index (χ0n) is 10.6. The molecule has 2 rings (SSSR count). The zero-order chi connectivity index (χ0) is 13.2. The van der Waals surface area contributed by atoms with Crippen LogP contribution in [-0.2, 0) is 10.0 Å². The van der Waals surface area contributed by atoms with Crippen LogP contribution in [0.3, 0.4) is 0 Å². The first kappa shape index (κ1) is 13.5. The maximum absolute atomic E-state index is 12.2. The van der Waals surface area contributed by atoms with E-state index in [0.717, 1.165) is 31.2 Å². The Kier molecular flexibility index (Phi) is 4.04. The number of sulfonamides is 1. The van der Waals surface area contributed by atoms with Crippen LogP contribution in [0.1, 0.15) is 31.2 Å². The molecule has 0 spiro atoms. The number of nitrogens with one attached hydrogen (secondary N) is 1. The van der Waals surface area contributed by atoms with Crippen LogP contribution in [0.5, 0.6) is 0 Å². The summed E-state index contributed by atoms with van der Waals surface area (Å²) in [6.07, 6.45) is 3.43. The molecule has 1 fully saturated rings. The summed E-state index contributed by atoms with van der Waals surface area (Å²) >= 11 is 0. The lowest BCUT2D eigenvalue weighted by atomic mass is 9.93. The topological polar surface area (TPSA) is 72.2 Å². The first-order valence-electron chi connectivity index (χ1n) is 6.32. The summed E-state index contributed by atoms with van der Waals surface area (Å²) in [5.41, 5.74) is 6.86. The molecular formula is C13H20N2O2S. The Balaban J connectivity index is 2.05.